The minimum Gasteiger partial charge on any atom is -0.327 e. The minimum absolute atomic E-state index is 0.0882. The summed E-state index contributed by atoms with van der Waals surface area (Å²) in [5, 5.41) is 10.9. The van der Waals surface area contributed by atoms with Gasteiger partial charge in [0.2, 0.25) is 0 Å². The molecule has 0 spiro atoms. The number of nitro groups is 1. The van der Waals surface area contributed by atoms with Gasteiger partial charge in [0.1, 0.15) is 5.82 Å². The third-order valence-corrected chi connectivity index (χ3v) is 3.48. The highest BCUT2D eigenvalue weighted by molar-refractivity contribution is 9.10. The van der Waals surface area contributed by atoms with Crippen LogP contribution in [-0.4, -0.2) is 11.0 Å². The molecule has 1 rings (SSSR count). The fourth-order valence-corrected chi connectivity index (χ4v) is 1.99. The van der Waals surface area contributed by atoms with Crippen molar-refractivity contribution in [2.45, 2.75) is 32.2 Å². The number of benzene rings is 1. The quantitative estimate of drug-likeness (QED) is 0.685. The van der Waals surface area contributed by atoms with E-state index in [0.717, 1.165) is 0 Å². The molecule has 2 unspecified atom stereocenters. The third kappa shape index (κ3) is 3.01. The molecule has 1 aromatic rings. The number of nitro benzene ring substituents is 1. The van der Waals surface area contributed by atoms with E-state index < -0.39 is 10.7 Å². The van der Waals surface area contributed by atoms with Gasteiger partial charge in [0.15, 0.2) is 0 Å². The van der Waals surface area contributed by atoms with Crippen molar-refractivity contribution in [3.05, 3.63) is 38.1 Å². The number of nitrogens with zero attached hydrogens (tertiary/aromatic N) is 1. The maximum Gasteiger partial charge on any atom is 0.274 e. The number of halogens is 2. The van der Waals surface area contributed by atoms with Gasteiger partial charge in [0.05, 0.1) is 9.40 Å². The lowest BCUT2D eigenvalue weighted by Crippen LogP contribution is -2.26. The predicted molar refractivity (Wildman–Crippen MR) is 67.4 cm³/mol. The first-order chi connectivity index (χ1) is 7.88. The van der Waals surface area contributed by atoms with Crippen molar-refractivity contribution in [1.29, 1.82) is 0 Å². The summed E-state index contributed by atoms with van der Waals surface area (Å²) >= 11 is 2.94. The number of nitrogens with two attached hydrogens (primary N) is 1. The van der Waals surface area contributed by atoms with Crippen molar-refractivity contribution in [2.75, 3.05) is 0 Å². The van der Waals surface area contributed by atoms with Crippen molar-refractivity contribution in [1.82, 2.24) is 0 Å². The molecule has 2 N–H and O–H groups in total. The molecule has 0 saturated heterocycles. The second-order valence-electron chi connectivity index (χ2n) is 3.94. The lowest BCUT2D eigenvalue weighted by atomic mass is 9.91. The molecule has 4 nitrogen and oxygen atoms in total. The Hall–Kier alpha value is -1.01. The molecule has 0 heterocycles. The summed E-state index contributed by atoms with van der Waals surface area (Å²) in [4.78, 5) is 10.4. The van der Waals surface area contributed by atoms with Gasteiger partial charge in [-0.25, -0.2) is 4.39 Å². The first-order valence-corrected chi connectivity index (χ1v) is 6.06. The molecule has 0 radical (unpaired) electrons. The SMILES string of the molecule is CCC(N)C(C)c1cc(F)c(Br)cc1[N+](=O)[O-]. The number of hydrogen-bond acceptors (Lipinski definition) is 3. The van der Waals surface area contributed by atoms with Gasteiger partial charge >= 0.3 is 0 Å². The van der Waals surface area contributed by atoms with Crippen LogP contribution in [0.25, 0.3) is 0 Å². The molecular weight excluding hydrogens is 291 g/mol. The molecule has 0 aliphatic rings. The van der Waals surface area contributed by atoms with Gasteiger partial charge in [-0.2, -0.15) is 0 Å². The van der Waals surface area contributed by atoms with Crippen molar-refractivity contribution in [2.24, 2.45) is 5.73 Å². The zero-order chi connectivity index (χ0) is 13.2. The molecule has 2 atom stereocenters. The van der Waals surface area contributed by atoms with E-state index >= 15 is 0 Å². The molecule has 6 heteroatoms. The van der Waals surface area contributed by atoms with Gasteiger partial charge in [0.25, 0.3) is 5.69 Å². The van der Waals surface area contributed by atoms with Crippen LogP contribution in [0.3, 0.4) is 0 Å². The van der Waals surface area contributed by atoms with Crippen LogP contribution in [0.15, 0.2) is 16.6 Å². The lowest BCUT2D eigenvalue weighted by Gasteiger charge is -2.18. The Morgan fingerprint density at radius 1 is 1.59 bits per heavy atom. The maximum atomic E-state index is 13.4. The highest BCUT2D eigenvalue weighted by Gasteiger charge is 2.24. The minimum atomic E-state index is -0.515. The monoisotopic (exact) mass is 304 g/mol. The van der Waals surface area contributed by atoms with Crippen LogP contribution in [0.4, 0.5) is 10.1 Å². The molecule has 0 aliphatic carbocycles. The molecule has 0 saturated carbocycles. The van der Waals surface area contributed by atoms with Crippen LogP contribution < -0.4 is 5.73 Å². The van der Waals surface area contributed by atoms with E-state index in [4.69, 9.17) is 5.73 Å². The Labute approximate surface area is 107 Å². The Morgan fingerprint density at radius 3 is 2.65 bits per heavy atom. The zero-order valence-electron chi connectivity index (χ0n) is 9.61. The van der Waals surface area contributed by atoms with Crippen molar-refractivity contribution < 1.29 is 9.31 Å². The van der Waals surface area contributed by atoms with Gasteiger partial charge in [-0.1, -0.05) is 13.8 Å². The standard InChI is InChI=1S/C11H14BrFN2O2/c1-3-10(14)6(2)7-4-9(13)8(12)5-11(7)15(16)17/h4-6,10H,3,14H2,1-2H3. The third-order valence-electron chi connectivity index (χ3n) is 2.87. The highest BCUT2D eigenvalue weighted by Crippen LogP contribution is 2.33. The second-order valence-corrected chi connectivity index (χ2v) is 4.80. The normalized spacial score (nSPS) is 14.4. The Kier molecular flexibility index (Phi) is 4.59. The van der Waals surface area contributed by atoms with Crippen LogP contribution in [0.2, 0.25) is 0 Å². The van der Waals surface area contributed by atoms with Gasteiger partial charge in [-0.05, 0) is 28.4 Å². The summed E-state index contributed by atoms with van der Waals surface area (Å²) in [5.41, 5.74) is 6.08. The summed E-state index contributed by atoms with van der Waals surface area (Å²) < 4.78 is 13.5. The molecule has 17 heavy (non-hydrogen) atoms. The highest BCUT2D eigenvalue weighted by atomic mass is 79.9. The molecule has 1 aromatic carbocycles. The average Bonchev–Trinajstić information content (AvgIpc) is 2.29. The Morgan fingerprint density at radius 2 is 2.18 bits per heavy atom. The van der Waals surface area contributed by atoms with Crippen molar-refractivity contribution in [3.8, 4) is 0 Å². The number of hydrogen-bond donors (Lipinski definition) is 1. The van der Waals surface area contributed by atoms with E-state index in [2.05, 4.69) is 15.9 Å². The summed E-state index contributed by atoms with van der Waals surface area (Å²) in [6.45, 7) is 3.66. The molecule has 0 amide bonds. The molecular formula is C11H14BrFN2O2. The fourth-order valence-electron chi connectivity index (χ4n) is 1.66. The van der Waals surface area contributed by atoms with E-state index in [9.17, 15) is 14.5 Å². The fraction of sp³-hybridized carbons (Fsp3) is 0.455. The van der Waals surface area contributed by atoms with E-state index in [0.29, 0.717) is 12.0 Å². The van der Waals surface area contributed by atoms with Gasteiger partial charge in [-0.3, -0.25) is 10.1 Å². The molecule has 0 fully saturated rings. The van der Waals surface area contributed by atoms with Crippen LogP contribution in [0, 0.1) is 15.9 Å². The van der Waals surface area contributed by atoms with E-state index in [-0.39, 0.29) is 22.1 Å². The van der Waals surface area contributed by atoms with E-state index in [1.807, 2.05) is 6.92 Å². The molecule has 94 valence electrons. The summed E-state index contributed by atoms with van der Waals surface area (Å²) in [7, 11) is 0. The zero-order valence-corrected chi connectivity index (χ0v) is 11.2. The van der Waals surface area contributed by atoms with Gasteiger partial charge < -0.3 is 5.73 Å². The summed E-state index contributed by atoms with van der Waals surface area (Å²) in [5.74, 6) is -0.774. The molecule has 0 bridgehead atoms. The van der Waals surface area contributed by atoms with Gasteiger partial charge in [-0.15, -0.1) is 0 Å². The summed E-state index contributed by atoms with van der Waals surface area (Å²) in [6.07, 6.45) is 0.677. The van der Waals surface area contributed by atoms with Crippen LogP contribution in [0.1, 0.15) is 31.7 Å². The maximum absolute atomic E-state index is 13.4. The largest absolute Gasteiger partial charge is 0.327 e. The van der Waals surface area contributed by atoms with Gasteiger partial charge in [0, 0.05) is 23.6 Å². The van der Waals surface area contributed by atoms with E-state index in [1.165, 1.54) is 12.1 Å². The first-order valence-electron chi connectivity index (χ1n) is 5.27. The van der Waals surface area contributed by atoms with Crippen LogP contribution in [-0.2, 0) is 0 Å². The number of rotatable bonds is 4. The smallest absolute Gasteiger partial charge is 0.274 e. The van der Waals surface area contributed by atoms with Crippen molar-refractivity contribution in [3.63, 3.8) is 0 Å². The molecule has 0 aromatic heterocycles. The second kappa shape index (κ2) is 5.55. The molecule has 0 aliphatic heterocycles. The van der Waals surface area contributed by atoms with Crippen molar-refractivity contribution >= 4 is 21.6 Å². The van der Waals surface area contributed by atoms with E-state index in [1.54, 1.807) is 6.92 Å². The first kappa shape index (κ1) is 14.1. The lowest BCUT2D eigenvalue weighted by molar-refractivity contribution is -0.385. The summed E-state index contributed by atoms with van der Waals surface area (Å²) in [6, 6.07) is 2.14. The Balaban J connectivity index is 3.30. The predicted octanol–water partition coefficient (Wildman–Crippen LogP) is 3.34. The van der Waals surface area contributed by atoms with Crippen LogP contribution >= 0.6 is 15.9 Å². The Bertz CT molecular complexity index is 440. The average molecular weight is 305 g/mol. The van der Waals surface area contributed by atoms with Crippen LogP contribution in [0.5, 0.6) is 0 Å². The topological polar surface area (TPSA) is 69.2 Å².